The molecule has 0 bridgehead atoms. The summed E-state index contributed by atoms with van der Waals surface area (Å²) in [6, 6.07) is 0. The van der Waals surface area contributed by atoms with Crippen molar-refractivity contribution in [2.75, 3.05) is 27.6 Å². The average Bonchev–Trinajstić information content (AvgIpc) is 2.94. The summed E-state index contributed by atoms with van der Waals surface area (Å²) in [5.74, 6) is 5.06. The van der Waals surface area contributed by atoms with Gasteiger partial charge in [0.1, 0.15) is 6.79 Å². The van der Waals surface area contributed by atoms with E-state index in [1.54, 1.807) is 13.2 Å². The summed E-state index contributed by atoms with van der Waals surface area (Å²) in [6.45, 7) is 9.22. The van der Waals surface area contributed by atoms with Crippen molar-refractivity contribution < 1.29 is 38.7 Å². The van der Waals surface area contributed by atoms with E-state index in [0.29, 0.717) is 25.4 Å². The van der Waals surface area contributed by atoms with Gasteiger partial charge in [0.15, 0.2) is 0 Å². The van der Waals surface area contributed by atoms with Gasteiger partial charge in [-0.05, 0) is 51.4 Å². The zero-order valence-electron chi connectivity index (χ0n) is 25.0. The largest absolute Gasteiger partial charge is 0.459 e. The molecule has 0 aromatic heterocycles. The van der Waals surface area contributed by atoms with E-state index in [1.165, 1.54) is 12.7 Å². The molecule has 2 rings (SSSR count). The fourth-order valence-electron chi connectivity index (χ4n) is 4.78. The zero-order valence-corrected chi connectivity index (χ0v) is 25.0. The van der Waals surface area contributed by atoms with E-state index in [2.05, 4.69) is 43.1 Å². The van der Waals surface area contributed by atoms with Gasteiger partial charge < -0.3 is 33.9 Å². The number of hydrogen-bond donors (Lipinski definition) is 2. The Morgan fingerprint density at radius 3 is 2.80 bits per heavy atom. The Bertz CT molecular complexity index is 985. The number of esters is 1. The monoisotopic (exact) mass is 572 g/mol. The lowest BCUT2D eigenvalue weighted by atomic mass is 9.91. The molecule has 2 aliphatic rings. The first-order valence-electron chi connectivity index (χ1n) is 14.3. The molecule has 0 aromatic carbocycles. The van der Waals surface area contributed by atoms with Gasteiger partial charge in [-0.1, -0.05) is 73.1 Å². The highest BCUT2D eigenvalue weighted by atomic mass is 16.7. The molecule has 2 heterocycles. The predicted octanol–water partition coefficient (Wildman–Crippen LogP) is 4.58. The fraction of sp³-hybridized carbons (Fsp3) is 0.606. The van der Waals surface area contributed by atoms with Crippen molar-refractivity contribution in [1.29, 1.82) is 0 Å². The van der Waals surface area contributed by atoms with Crippen LogP contribution in [0.15, 0.2) is 60.3 Å². The maximum atomic E-state index is 11.2. The maximum Gasteiger partial charge on any atom is 0.384 e. The summed E-state index contributed by atoms with van der Waals surface area (Å²) in [5.41, 5.74) is 2.31. The van der Waals surface area contributed by atoms with Crippen LogP contribution in [0.1, 0.15) is 58.8 Å². The van der Waals surface area contributed by atoms with Gasteiger partial charge in [0.2, 0.25) is 0 Å². The summed E-state index contributed by atoms with van der Waals surface area (Å²) < 4.78 is 27.2. The Morgan fingerprint density at radius 2 is 2.07 bits per heavy atom. The predicted molar refractivity (Wildman–Crippen MR) is 159 cm³/mol. The van der Waals surface area contributed by atoms with Crippen LogP contribution in [0.25, 0.3) is 0 Å². The van der Waals surface area contributed by atoms with Gasteiger partial charge >= 0.3 is 5.97 Å². The van der Waals surface area contributed by atoms with E-state index in [1.807, 2.05) is 30.4 Å². The standard InChI is InChI=1S/C33H48O8/c1-24-17-18-39-29(20-24)15-16-32(35)31(34)13-7-11-28(40-23-37-4)21-25(2)19-26(3)22-30-12-6-9-27(41-30)10-8-14-33(36)38-5/h6-7,9,11,15-17,26-32,34-35H,2,10,12-13,18-23H2,1,3-5H3/b11-7+,16-15+/t26-,27-,28+,29+,30-,31-,32-/m0/s1. The summed E-state index contributed by atoms with van der Waals surface area (Å²) >= 11 is 0. The van der Waals surface area contributed by atoms with Crippen LogP contribution in [0, 0.1) is 17.8 Å². The number of aliphatic hydroxyl groups excluding tert-OH is 2. The normalized spacial score (nSPS) is 23.9. The Balaban J connectivity index is 1.78. The number of aliphatic hydroxyl groups is 2. The molecular formula is C33H48O8. The van der Waals surface area contributed by atoms with Crippen LogP contribution in [0.5, 0.6) is 0 Å². The molecule has 228 valence electrons. The highest BCUT2D eigenvalue weighted by Gasteiger charge is 2.21. The van der Waals surface area contributed by atoms with E-state index in [4.69, 9.17) is 18.9 Å². The van der Waals surface area contributed by atoms with E-state index < -0.39 is 18.2 Å². The van der Waals surface area contributed by atoms with Crippen LogP contribution < -0.4 is 0 Å². The van der Waals surface area contributed by atoms with Crippen LogP contribution in [0.2, 0.25) is 0 Å². The van der Waals surface area contributed by atoms with Crippen molar-refractivity contribution in [2.24, 2.45) is 5.92 Å². The Hall–Kier alpha value is -2.51. The van der Waals surface area contributed by atoms with Crippen LogP contribution in [-0.4, -0.2) is 80.4 Å². The molecule has 0 aromatic rings. The number of carbonyl (C=O) groups is 1. The molecule has 41 heavy (non-hydrogen) atoms. The van der Waals surface area contributed by atoms with Gasteiger partial charge in [0, 0.05) is 19.5 Å². The third kappa shape index (κ3) is 14.8. The first kappa shape index (κ1) is 34.7. The first-order chi connectivity index (χ1) is 19.7. The van der Waals surface area contributed by atoms with E-state index in [9.17, 15) is 15.0 Å². The molecule has 7 atom stereocenters. The van der Waals surface area contributed by atoms with Crippen molar-refractivity contribution >= 4 is 5.97 Å². The van der Waals surface area contributed by atoms with Gasteiger partial charge in [0.05, 0.1) is 50.3 Å². The van der Waals surface area contributed by atoms with Crippen molar-refractivity contribution in [2.45, 2.75) is 95.4 Å². The molecule has 2 aliphatic heterocycles. The van der Waals surface area contributed by atoms with Crippen LogP contribution in [0.4, 0.5) is 0 Å². The van der Waals surface area contributed by atoms with Crippen molar-refractivity contribution in [3.05, 3.63) is 60.3 Å². The molecule has 0 saturated heterocycles. The maximum absolute atomic E-state index is 11.2. The summed E-state index contributed by atoms with van der Waals surface area (Å²) in [6.07, 6.45) is 15.7. The summed E-state index contributed by atoms with van der Waals surface area (Å²) in [7, 11) is 2.88. The SMILES string of the molecule is C=C(C[C@H](C)C[C@@H]1CC=C[C@@H](CC#CC(=O)OC)O1)C[C@@H](/C=C/C[C@H](O)[C@@H](O)/C=C/[C@@H]1CC(C)=CCO1)OCOC. The number of rotatable bonds is 16. The van der Waals surface area contributed by atoms with E-state index in [-0.39, 0.29) is 37.6 Å². The number of carbonyl (C=O) groups excluding carboxylic acids is 1. The molecule has 0 saturated carbocycles. The van der Waals surface area contributed by atoms with E-state index in [0.717, 1.165) is 31.3 Å². The van der Waals surface area contributed by atoms with Crippen LogP contribution >= 0.6 is 0 Å². The Morgan fingerprint density at radius 1 is 1.27 bits per heavy atom. The fourth-order valence-corrected chi connectivity index (χ4v) is 4.78. The summed E-state index contributed by atoms with van der Waals surface area (Å²) in [4.78, 5) is 11.2. The molecule has 0 fully saturated rings. The van der Waals surface area contributed by atoms with E-state index >= 15 is 0 Å². The second-order valence-electron chi connectivity index (χ2n) is 10.8. The van der Waals surface area contributed by atoms with Gasteiger partial charge in [-0.3, -0.25) is 0 Å². The van der Waals surface area contributed by atoms with Crippen LogP contribution in [0.3, 0.4) is 0 Å². The van der Waals surface area contributed by atoms with Gasteiger partial charge in [0.25, 0.3) is 0 Å². The molecule has 0 spiro atoms. The molecular weight excluding hydrogens is 524 g/mol. The lowest BCUT2D eigenvalue weighted by molar-refractivity contribution is -0.133. The minimum absolute atomic E-state index is 0.0764. The molecule has 8 heteroatoms. The molecule has 8 nitrogen and oxygen atoms in total. The third-order valence-electron chi connectivity index (χ3n) is 6.90. The first-order valence-corrected chi connectivity index (χ1v) is 14.3. The summed E-state index contributed by atoms with van der Waals surface area (Å²) in [5, 5.41) is 20.8. The second-order valence-corrected chi connectivity index (χ2v) is 10.8. The molecule has 0 radical (unpaired) electrons. The second kappa shape index (κ2) is 19.6. The topological polar surface area (TPSA) is 104 Å². The highest BCUT2D eigenvalue weighted by Crippen LogP contribution is 2.26. The molecule has 0 unspecified atom stereocenters. The zero-order chi connectivity index (χ0) is 30.0. The molecule has 2 N–H and O–H groups in total. The highest BCUT2D eigenvalue weighted by molar-refractivity contribution is 5.88. The Labute approximate surface area is 245 Å². The van der Waals surface area contributed by atoms with Gasteiger partial charge in [-0.25, -0.2) is 4.79 Å². The number of hydrogen-bond acceptors (Lipinski definition) is 8. The van der Waals surface area contributed by atoms with Crippen molar-refractivity contribution in [3.8, 4) is 11.8 Å². The Kier molecular flexibility index (Phi) is 16.6. The smallest absolute Gasteiger partial charge is 0.384 e. The van der Waals surface area contributed by atoms with Gasteiger partial charge in [-0.2, -0.15) is 0 Å². The third-order valence-corrected chi connectivity index (χ3v) is 6.90. The van der Waals surface area contributed by atoms with Crippen LogP contribution in [-0.2, 0) is 28.5 Å². The minimum atomic E-state index is -0.986. The average molecular weight is 573 g/mol. The lowest BCUT2D eigenvalue weighted by Crippen LogP contribution is -2.26. The molecule has 0 amide bonds. The number of ether oxygens (including phenoxy) is 5. The molecule has 0 aliphatic carbocycles. The quantitative estimate of drug-likeness (QED) is 0.0911. The van der Waals surface area contributed by atoms with Gasteiger partial charge in [-0.15, -0.1) is 0 Å². The van der Waals surface area contributed by atoms with Crippen molar-refractivity contribution in [1.82, 2.24) is 0 Å². The minimum Gasteiger partial charge on any atom is -0.459 e. The number of methoxy groups -OCH3 is 2. The lowest BCUT2D eigenvalue weighted by Gasteiger charge is -2.27. The van der Waals surface area contributed by atoms with Crippen molar-refractivity contribution in [3.63, 3.8) is 0 Å².